The van der Waals surface area contributed by atoms with Gasteiger partial charge in [0.15, 0.2) is 0 Å². The molecule has 0 fully saturated rings. The van der Waals surface area contributed by atoms with Gasteiger partial charge in [-0.2, -0.15) is 5.10 Å². The lowest BCUT2D eigenvalue weighted by molar-refractivity contribution is 0.245. The summed E-state index contributed by atoms with van der Waals surface area (Å²) in [5.41, 5.74) is 3.43. The van der Waals surface area contributed by atoms with Crippen LogP contribution in [-0.2, 0) is 13.6 Å². The molecule has 0 saturated heterocycles. The Morgan fingerprint density at radius 1 is 1.24 bits per heavy atom. The Labute approximate surface area is 124 Å². The maximum Gasteiger partial charge on any atom is 0.129 e. The van der Waals surface area contributed by atoms with E-state index in [9.17, 15) is 0 Å². The summed E-state index contributed by atoms with van der Waals surface area (Å²) >= 11 is 0. The van der Waals surface area contributed by atoms with Crippen LogP contribution >= 0.6 is 0 Å². The molecule has 4 nitrogen and oxygen atoms in total. The van der Waals surface area contributed by atoms with Crippen molar-refractivity contribution in [1.29, 1.82) is 0 Å². The number of rotatable bonds is 4. The van der Waals surface area contributed by atoms with Gasteiger partial charge >= 0.3 is 0 Å². The third-order valence-corrected chi connectivity index (χ3v) is 3.57. The van der Waals surface area contributed by atoms with E-state index in [4.69, 9.17) is 4.74 Å². The predicted octanol–water partition coefficient (Wildman–Crippen LogP) is 3.52. The summed E-state index contributed by atoms with van der Waals surface area (Å²) in [5, 5.41) is 5.56. The second-order valence-electron chi connectivity index (χ2n) is 5.70. The van der Waals surface area contributed by atoms with Crippen LogP contribution in [0.4, 0.5) is 0 Å². The Balaban J connectivity index is 1.99. The van der Waals surface area contributed by atoms with Crippen molar-refractivity contribution in [2.75, 3.05) is 0 Å². The zero-order valence-corrected chi connectivity index (χ0v) is 13.0. The minimum Gasteiger partial charge on any atom is -0.490 e. The lowest BCUT2D eigenvalue weighted by Gasteiger charge is -2.11. The van der Waals surface area contributed by atoms with Gasteiger partial charge in [0.05, 0.1) is 29.6 Å². The average molecular weight is 283 g/mol. The average Bonchev–Trinajstić information content (AvgIpc) is 2.95. The lowest BCUT2D eigenvalue weighted by Crippen LogP contribution is -2.06. The maximum atomic E-state index is 5.89. The monoisotopic (exact) mass is 283 g/mol. The Kier molecular flexibility index (Phi) is 3.45. The molecule has 0 unspecified atom stereocenters. The molecule has 0 radical (unpaired) electrons. The third-order valence-electron chi connectivity index (χ3n) is 3.57. The predicted molar refractivity (Wildman–Crippen MR) is 84.7 cm³/mol. The highest BCUT2D eigenvalue weighted by Gasteiger charge is 2.10. The molecular weight excluding hydrogens is 262 g/mol. The SMILES string of the molecule is Cc1cc(Cn2ccc3c(OC(C)C)cccc32)n(C)n1. The van der Waals surface area contributed by atoms with Crippen molar-refractivity contribution in [3.8, 4) is 5.75 Å². The zero-order valence-electron chi connectivity index (χ0n) is 13.0. The summed E-state index contributed by atoms with van der Waals surface area (Å²) < 4.78 is 10.1. The van der Waals surface area contributed by atoms with Crippen LogP contribution in [0, 0.1) is 6.92 Å². The quantitative estimate of drug-likeness (QED) is 0.733. The number of benzene rings is 1. The molecule has 0 atom stereocenters. The van der Waals surface area contributed by atoms with Gasteiger partial charge in [0.1, 0.15) is 5.75 Å². The second-order valence-corrected chi connectivity index (χ2v) is 5.70. The third kappa shape index (κ3) is 2.66. The fraction of sp³-hybridized carbons (Fsp3) is 0.353. The molecule has 0 amide bonds. The van der Waals surface area contributed by atoms with Gasteiger partial charge in [0.2, 0.25) is 0 Å². The first-order chi connectivity index (χ1) is 10.0. The number of hydrogen-bond acceptors (Lipinski definition) is 2. The van der Waals surface area contributed by atoms with Gasteiger partial charge in [0, 0.05) is 18.6 Å². The highest BCUT2D eigenvalue weighted by molar-refractivity contribution is 5.86. The van der Waals surface area contributed by atoms with Crippen molar-refractivity contribution in [3.05, 3.63) is 47.9 Å². The normalized spacial score (nSPS) is 11.5. The first-order valence-corrected chi connectivity index (χ1v) is 7.28. The molecule has 4 heteroatoms. The standard InChI is InChI=1S/C17H21N3O/c1-12(2)21-17-7-5-6-16-15(17)8-9-20(16)11-14-10-13(3)18-19(14)4/h5-10,12H,11H2,1-4H3. The number of aryl methyl sites for hydroxylation is 2. The molecule has 21 heavy (non-hydrogen) atoms. The van der Waals surface area contributed by atoms with E-state index in [0.29, 0.717) is 0 Å². The summed E-state index contributed by atoms with van der Waals surface area (Å²) in [7, 11) is 1.99. The first kappa shape index (κ1) is 13.7. The number of aromatic nitrogens is 3. The van der Waals surface area contributed by atoms with Gasteiger partial charge in [0.25, 0.3) is 0 Å². The van der Waals surface area contributed by atoms with Gasteiger partial charge in [-0.05, 0) is 45.0 Å². The van der Waals surface area contributed by atoms with Crippen LogP contribution in [-0.4, -0.2) is 20.5 Å². The first-order valence-electron chi connectivity index (χ1n) is 7.28. The van der Waals surface area contributed by atoms with E-state index < -0.39 is 0 Å². The van der Waals surface area contributed by atoms with Crippen molar-refractivity contribution in [2.45, 2.75) is 33.4 Å². The summed E-state index contributed by atoms with van der Waals surface area (Å²) in [6, 6.07) is 10.5. The zero-order chi connectivity index (χ0) is 15.0. The van der Waals surface area contributed by atoms with Crippen molar-refractivity contribution in [3.63, 3.8) is 0 Å². The van der Waals surface area contributed by atoms with Crippen molar-refractivity contribution < 1.29 is 4.74 Å². The maximum absolute atomic E-state index is 5.89. The minimum atomic E-state index is 0.179. The lowest BCUT2D eigenvalue weighted by atomic mass is 10.2. The summed E-state index contributed by atoms with van der Waals surface area (Å²) in [5.74, 6) is 0.947. The molecule has 0 N–H and O–H groups in total. The highest BCUT2D eigenvalue weighted by atomic mass is 16.5. The molecule has 3 rings (SSSR count). The number of ether oxygens (including phenoxy) is 1. The van der Waals surface area contributed by atoms with Crippen LogP contribution in [0.5, 0.6) is 5.75 Å². The van der Waals surface area contributed by atoms with Crippen LogP contribution in [0.2, 0.25) is 0 Å². The van der Waals surface area contributed by atoms with Gasteiger partial charge in [-0.1, -0.05) is 6.07 Å². The molecule has 1 aromatic carbocycles. The highest BCUT2D eigenvalue weighted by Crippen LogP contribution is 2.28. The topological polar surface area (TPSA) is 32.0 Å². The largest absolute Gasteiger partial charge is 0.490 e. The second kappa shape index (κ2) is 5.28. The molecule has 110 valence electrons. The van der Waals surface area contributed by atoms with Crippen LogP contribution in [0.15, 0.2) is 36.5 Å². The fourth-order valence-electron chi connectivity index (χ4n) is 2.68. The van der Waals surface area contributed by atoms with Crippen LogP contribution in [0.25, 0.3) is 10.9 Å². The van der Waals surface area contributed by atoms with Crippen LogP contribution < -0.4 is 4.74 Å². The molecule has 2 aromatic heterocycles. The van der Waals surface area contributed by atoms with E-state index >= 15 is 0 Å². The Morgan fingerprint density at radius 3 is 2.71 bits per heavy atom. The fourth-order valence-corrected chi connectivity index (χ4v) is 2.68. The van der Waals surface area contributed by atoms with Crippen molar-refractivity contribution >= 4 is 10.9 Å². The van der Waals surface area contributed by atoms with E-state index in [1.165, 1.54) is 11.2 Å². The van der Waals surface area contributed by atoms with Crippen molar-refractivity contribution in [1.82, 2.24) is 14.3 Å². The smallest absolute Gasteiger partial charge is 0.129 e. The van der Waals surface area contributed by atoms with Gasteiger partial charge in [-0.3, -0.25) is 4.68 Å². The Morgan fingerprint density at radius 2 is 2.05 bits per heavy atom. The van der Waals surface area contributed by atoms with E-state index in [2.05, 4.69) is 34.1 Å². The number of nitrogens with zero attached hydrogens (tertiary/aromatic N) is 3. The van der Waals surface area contributed by atoms with Crippen molar-refractivity contribution in [2.24, 2.45) is 7.05 Å². The molecule has 2 heterocycles. The molecule has 0 aliphatic rings. The Hall–Kier alpha value is -2.23. The van der Waals surface area contributed by atoms with E-state index in [-0.39, 0.29) is 6.10 Å². The molecule has 0 saturated carbocycles. The molecular formula is C17H21N3O. The van der Waals surface area contributed by atoms with E-state index in [0.717, 1.165) is 23.4 Å². The van der Waals surface area contributed by atoms with E-state index in [1.807, 2.05) is 44.6 Å². The summed E-state index contributed by atoms with van der Waals surface area (Å²) in [4.78, 5) is 0. The molecule has 0 aliphatic heterocycles. The van der Waals surface area contributed by atoms with Crippen LogP contribution in [0.1, 0.15) is 25.2 Å². The number of hydrogen-bond donors (Lipinski definition) is 0. The van der Waals surface area contributed by atoms with Gasteiger partial charge < -0.3 is 9.30 Å². The Bertz CT molecular complexity index is 768. The summed E-state index contributed by atoms with van der Waals surface area (Å²) in [6.45, 7) is 6.93. The molecule has 0 aliphatic carbocycles. The molecule has 0 spiro atoms. The molecule has 0 bridgehead atoms. The minimum absolute atomic E-state index is 0.179. The molecule has 3 aromatic rings. The number of fused-ring (bicyclic) bond motifs is 1. The van der Waals surface area contributed by atoms with E-state index in [1.54, 1.807) is 0 Å². The van der Waals surface area contributed by atoms with Gasteiger partial charge in [-0.15, -0.1) is 0 Å². The van der Waals surface area contributed by atoms with Crippen LogP contribution in [0.3, 0.4) is 0 Å². The summed E-state index contributed by atoms with van der Waals surface area (Å²) in [6.07, 6.45) is 2.29. The van der Waals surface area contributed by atoms with Gasteiger partial charge in [-0.25, -0.2) is 0 Å².